The summed E-state index contributed by atoms with van der Waals surface area (Å²) in [4.78, 5) is 0.128. The average molecular weight is 385 g/mol. The van der Waals surface area contributed by atoms with E-state index in [4.69, 9.17) is 5.14 Å². The molecule has 2 aromatic carbocycles. The molecular formula is C20H24N4O2S. The molecule has 3 aromatic rings. The van der Waals surface area contributed by atoms with Crippen LogP contribution in [-0.2, 0) is 16.6 Å². The number of sulfonamides is 1. The quantitative estimate of drug-likeness (QED) is 0.684. The SMILES string of the molecule is Cc1cc(C)n(-c2ccc(CNC(C)c3cccc(S(N)(=O)=O)c3)cc2)n1. The fraction of sp³-hybridized carbons (Fsp3) is 0.250. The van der Waals surface area contributed by atoms with Gasteiger partial charge in [0.1, 0.15) is 0 Å². The number of aromatic nitrogens is 2. The number of rotatable bonds is 6. The third-order valence-electron chi connectivity index (χ3n) is 4.49. The zero-order valence-electron chi connectivity index (χ0n) is 15.7. The highest BCUT2D eigenvalue weighted by molar-refractivity contribution is 7.89. The van der Waals surface area contributed by atoms with E-state index in [9.17, 15) is 8.42 Å². The van der Waals surface area contributed by atoms with Gasteiger partial charge in [0.15, 0.2) is 0 Å². The predicted molar refractivity (Wildman–Crippen MR) is 106 cm³/mol. The smallest absolute Gasteiger partial charge is 0.238 e. The summed E-state index contributed by atoms with van der Waals surface area (Å²) >= 11 is 0. The summed E-state index contributed by atoms with van der Waals surface area (Å²) < 4.78 is 24.9. The molecule has 3 N–H and O–H groups in total. The lowest BCUT2D eigenvalue weighted by molar-refractivity contribution is 0.572. The van der Waals surface area contributed by atoms with Gasteiger partial charge in [-0.1, -0.05) is 24.3 Å². The molecule has 0 radical (unpaired) electrons. The van der Waals surface area contributed by atoms with Crippen molar-refractivity contribution >= 4 is 10.0 Å². The second-order valence-corrected chi connectivity index (χ2v) is 8.29. The number of nitrogens with zero attached hydrogens (tertiary/aromatic N) is 2. The van der Waals surface area contributed by atoms with Gasteiger partial charge < -0.3 is 5.32 Å². The lowest BCUT2D eigenvalue weighted by Gasteiger charge is -2.15. The van der Waals surface area contributed by atoms with Crippen LogP contribution < -0.4 is 10.5 Å². The Morgan fingerprint density at radius 3 is 2.41 bits per heavy atom. The summed E-state index contributed by atoms with van der Waals surface area (Å²) in [7, 11) is -3.69. The molecule has 0 fully saturated rings. The molecular weight excluding hydrogens is 360 g/mol. The molecule has 142 valence electrons. The van der Waals surface area contributed by atoms with Crippen LogP contribution in [0.25, 0.3) is 5.69 Å². The lowest BCUT2D eigenvalue weighted by atomic mass is 10.1. The molecule has 7 heteroatoms. The van der Waals surface area contributed by atoms with E-state index in [1.165, 1.54) is 6.07 Å². The normalized spacial score (nSPS) is 12.9. The fourth-order valence-corrected chi connectivity index (χ4v) is 3.56. The number of nitrogens with two attached hydrogens (primary N) is 1. The first kappa shape index (κ1) is 19.3. The third-order valence-corrected chi connectivity index (χ3v) is 5.40. The van der Waals surface area contributed by atoms with Crippen LogP contribution in [0.4, 0.5) is 0 Å². The molecule has 0 amide bonds. The van der Waals surface area contributed by atoms with Gasteiger partial charge in [0.2, 0.25) is 10.0 Å². The Morgan fingerprint density at radius 1 is 1.11 bits per heavy atom. The largest absolute Gasteiger partial charge is 0.306 e. The van der Waals surface area contributed by atoms with Crippen LogP contribution in [0.2, 0.25) is 0 Å². The summed E-state index contributed by atoms with van der Waals surface area (Å²) in [5.41, 5.74) is 5.13. The Hall–Kier alpha value is -2.48. The third kappa shape index (κ3) is 4.63. The Balaban J connectivity index is 1.67. The molecule has 0 aliphatic rings. The van der Waals surface area contributed by atoms with Gasteiger partial charge in [-0.15, -0.1) is 0 Å². The predicted octanol–water partition coefficient (Wildman–Crippen LogP) is 2.99. The monoisotopic (exact) mass is 384 g/mol. The molecule has 1 aromatic heterocycles. The number of benzene rings is 2. The standard InChI is InChI=1S/C20H24N4O2S/c1-14-11-15(2)24(23-14)19-9-7-17(8-10-19)13-22-16(3)18-5-4-6-20(12-18)27(21,25)26/h4-12,16,22H,13H2,1-3H3,(H2,21,25,26). The molecule has 0 spiro atoms. The molecule has 1 atom stereocenters. The molecule has 0 aliphatic carbocycles. The Labute approximate surface area is 160 Å². The number of aryl methyl sites for hydroxylation is 2. The molecule has 6 nitrogen and oxygen atoms in total. The maximum absolute atomic E-state index is 11.5. The molecule has 0 saturated carbocycles. The van der Waals surface area contributed by atoms with Crippen molar-refractivity contribution in [2.24, 2.45) is 5.14 Å². The van der Waals surface area contributed by atoms with E-state index in [0.717, 1.165) is 28.2 Å². The van der Waals surface area contributed by atoms with E-state index in [1.54, 1.807) is 12.1 Å². The van der Waals surface area contributed by atoms with E-state index in [-0.39, 0.29) is 10.9 Å². The van der Waals surface area contributed by atoms with Gasteiger partial charge >= 0.3 is 0 Å². The number of primary sulfonamides is 1. The van der Waals surface area contributed by atoms with Gasteiger partial charge in [0.05, 0.1) is 16.3 Å². The van der Waals surface area contributed by atoms with Gasteiger partial charge in [-0.3, -0.25) is 0 Å². The number of nitrogens with one attached hydrogen (secondary N) is 1. The van der Waals surface area contributed by atoms with E-state index in [1.807, 2.05) is 49.7 Å². The highest BCUT2D eigenvalue weighted by atomic mass is 32.2. The van der Waals surface area contributed by atoms with Crippen LogP contribution >= 0.6 is 0 Å². The van der Waals surface area contributed by atoms with Crippen molar-refractivity contribution in [3.8, 4) is 5.69 Å². The number of hydrogen-bond donors (Lipinski definition) is 2. The molecule has 0 aliphatic heterocycles. The molecule has 27 heavy (non-hydrogen) atoms. The van der Waals surface area contributed by atoms with Crippen LogP contribution in [0.3, 0.4) is 0 Å². The first-order valence-electron chi connectivity index (χ1n) is 8.73. The topological polar surface area (TPSA) is 90.0 Å². The van der Waals surface area contributed by atoms with Crippen molar-refractivity contribution in [2.45, 2.75) is 38.3 Å². The summed E-state index contributed by atoms with van der Waals surface area (Å²) in [6.07, 6.45) is 0. The summed E-state index contributed by atoms with van der Waals surface area (Å²) in [5, 5.41) is 13.1. The first-order valence-corrected chi connectivity index (χ1v) is 10.3. The Kier molecular flexibility index (Phi) is 5.46. The fourth-order valence-electron chi connectivity index (χ4n) is 2.99. The second kappa shape index (κ2) is 7.64. The maximum atomic E-state index is 11.5. The maximum Gasteiger partial charge on any atom is 0.238 e. The second-order valence-electron chi connectivity index (χ2n) is 6.73. The van der Waals surface area contributed by atoms with Crippen molar-refractivity contribution in [1.29, 1.82) is 0 Å². The van der Waals surface area contributed by atoms with Gasteiger partial charge in [-0.25, -0.2) is 18.2 Å². The van der Waals surface area contributed by atoms with E-state index >= 15 is 0 Å². The van der Waals surface area contributed by atoms with Gasteiger partial charge in [0.25, 0.3) is 0 Å². The highest BCUT2D eigenvalue weighted by Crippen LogP contribution is 2.18. The van der Waals surface area contributed by atoms with Gasteiger partial charge in [0, 0.05) is 18.3 Å². The summed E-state index contributed by atoms with van der Waals surface area (Å²) in [6.45, 7) is 6.67. The molecule has 1 unspecified atom stereocenters. The van der Waals surface area contributed by atoms with Crippen LogP contribution in [-0.4, -0.2) is 18.2 Å². The molecule has 3 rings (SSSR count). The van der Waals surface area contributed by atoms with Crippen LogP contribution in [0.15, 0.2) is 59.5 Å². The van der Waals surface area contributed by atoms with Crippen LogP contribution in [0.1, 0.15) is 35.5 Å². The lowest BCUT2D eigenvalue weighted by Crippen LogP contribution is -2.19. The van der Waals surface area contributed by atoms with Gasteiger partial charge in [-0.05, 0) is 62.2 Å². The molecule has 0 bridgehead atoms. The van der Waals surface area contributed by atoms with Crippen molar-refractivity contribution in [3.63, 3.8) is 0 Å². The molecule has 0 saturated heterocycles. The Bertz CT molecular complexity index is 1040. The minimum atomic E-state index is -3.69. The minimum absolute atomic E-state index is 0.0117. The summed E-state index contributed by atoms with van der Waals surface area (Å²) in [6, 6.07) is 17.0. The zero-order chi connectivity index (χ0) is 19.6. The highest BCUT2D eigenvalue weighted by Gasteiger charge is 2.11. The average Bonchev–Trinajstić information content (AvgIpc) is 2.97. The van der Waals surface area contributed by atoms with Crippen molar-refractivity contribution in [2.75, 3.05) is 0 Å². The Morgan fingerprint density at radius 2 is 1.81 bits per heavy atom. The van der Waals surface area contributed by atoms with E-state index in [2.05, 4.69) is 22.5 Å². The minimum Gasteiger partial charge on any atom is -0.306 e. The first-order chi connectivity index (χ1) is 12.7. The molecule has 1 heterocycles. The summed E-state index contributed by atoms with van der Waals surface area (Å²) in [5.74, 6) is 0. The van der Waals surface area contributed by atoms with E-state index in [0.29, 0.717) is 6.54 Å². The van der Waals surface area contributed by atoms with Crippen molar-refractivity contribution < 1.29 is 8.42 Å². The van der Waals surface area contributed by atoms with Crippen LogP contribution in [0.5, 0.6) is 0 Å². The zero-order valence-corrected chi connectivity index (χ0v) is 16.5. The van der Waals surface area contributed by atoms with Crippen molar-refractivity contribution in [1.82, 2.24) is 15.1 Å². The van der Waals surface area contributed by atoms with Crippen LogP contribution in [0, 0.1) is 13.8 Å². The van der Waals surface area contributed by atoms with E-state index < -0.39 is 10.0 Å². The number of hydrogen-bond acceptors (Lipinski definition) is 4. The van der Waals surface area contributed by atoms with Crippen molar-refractivity contribution in [3.05, 3.63) is 77.1 Å². The van der Waals surface area contributed by atoms with Gasteiger partial charge in [-0.2, -0.15) is 5.10 Å².